The Morgan fingerprint density at radius 3 is 2.50 bits per heavy atom. The minimum absolute atomic E-state index is 0.214. The van der Waals surface area contributed by atoms with Gasteiger partial charge in [0.05, 0.1) is 28.9 Å². The van der Waals surface area contributed by atoms with Gasteiger partial charge in [0.25, 0.3) is 10.1 Å². The summed E-state index contributed by atoms with van der Waals surface area (Å²) in [5.74, 6) is 0.777. The highest BCUT2D eigenvalue weighted by molar-refractivity contribution is 7.86. The summed E-state index contributed by atoms with van der Waals surface area (Å²) >= 11 is 0. The van der Waals surface area contributed by atoms with Gasteiger partial charge in [0.1, 0.15) is 0 Å². The molecule has 3 aromatic rings. The third-order valence-electron chi connectivity index (χ3n) is 6.17. The summed E-state index contributed by atoms with van der Waals surface area (Å²) < 4.78 is 34.1. The fraction of sp³-hybridized carbons (Fsp3) is 0.455. The van der Waals surface area contributed by atoms with Crippen LogP contribution in [0.4, 0.5) is 0 Å². The molecule has 1 aromatic carbocycles. The van der Waals surface area contributed by atoms with Crippen LogP contribution in [0.5, 0.6) is 0 Å². The zero-order valence-electron chi connectivity index (χ0n) is 17.2. The monoisotopic (exact) mass is 426 g/mol. The lowest BCUT2D eigenvalue weighted by Gasteiger charge is -2.34. The summed E-state index contributed by atoms with van der Waals surface area (Å²) in [4.78, 5) is 0.214. The van der Waals surface area contributed by atoms with Crippen LogP contribution < -0.4 is 0 Å². The topological polar surface area (TPSA) is 79.0 Å². The zero-order chi connectivity index (χ0) is 20.9. The molecule has 2 heterocycles. The van der Waals surface area contributed by atoms with E-state index in [1.807, 2.05) is 30.9 Å². The van der Waals surface area contributed by atoms with Gasteiger partial charge in [-0.3, -0.25) is 13.5 Å². The molecule has 30 heavy (non-hydrogen) atoms. The van der Waals surface area contributed by atoms with Crippen LogP contribution >= 0.6 is 0 Å². The molecule has 0 radical (unpaired) electrons. The molecule has 5 rings (SSSR count). The highest BCUT2D eigenvalue weighted by Gasteiger charge is 2.36. The van der Waals surface area contributed by atoms with Crippen molar-refractivity contribution in [2.24, 2.45) is 13.0 Å². The summed E-state index contributed by atoms with van der Waals surface area (Å²) in [6, 6.07) is 9.07. The second-order valence-electron chi connectivity index (χ2n) is 8.57. The molecule has 0 unspecified atom stereocenters. The minimum atomic E-state index is -3.70. The molecule has 0 atom stereocenters. The van der Waals surface area contributed by atoms with Gasteiger partial charge in [0.15, 0.2) is 0 Å². The Labute approximate surface area is 176 Å². The molecule has 0 amide bonds. The SMILES string of the molecule is Cc1ccc(S(=O)(=O)OCC2CC(n3cc(-c4ccnn4C)c(C4CC4)n3)C2)cc1. The van der Waals surface area contributed by atoms with Crippen molar-refractivity contribution in [2.75, 3.05) is 6.61 Å². The van der Waals surface area contributed by atoms with Gasteiger partial charge in [-0.2, -0.15) is 18.6 Å². The first-order valence-corrected chi connectivity index (χ1v) is 11.8. The van der Waals surface area contributed by atoms with E-state index in [1.54, 1.807) is 24.3 Å². The van der Waals surface area contributed by atoms with Gasteiger partial charge in [-0.25, -0.2) is 0 Å². The second kappa shape index (κ2) is 7.35. The van der Waals surface area contributed by atoms with E-state index in [-0.39, 0.29) is 17.4 Å². The smallest absolute Gasteiger partial charge is 0.269 e. The summed E-state index contributed by atoms with van der Waals surface area (Å²) in [5, 5.41) is 9.20. The van der Waals surface area contributed by atoms with E-state index < -0.39 is 10.1 Å². The third-order valence-corrected chi connectivity index (χ3v) is 7.47. The quantitative estimate of drug-likeness (QED) is 0.537. The molecular formula is C22H26N4O3S. The fourth-order valence-corrected chi connectivity index (χ4v) is 5.07. The van der Waals surface area contributed by atoms with E-state index in [0.717, 1.165) is 24.1 Å². The average Bonchev–Trinajstić information content (AvgIpc) is 3.30. The molecule has 2 saturated carbocycles. The highest BCUT2D eigenvalue weighted by atomic mass is 32.2. The van der Waals surface area contributed by atoms with Crippen molar-refractivity contribution in [3.63, 3.8) is 0 Å². The van der Waals surface area contributed by atoms with Crippen LogP contribution in [0.1, 0.15) is 48.9 Å². The number of benzene rings is 1. The van der Waals surface area contributed by atoms with Gasteiger partial charge in [-0.05, 0) is 56.7 Å². The molecule has 0 bridgehead atoms. The number of hydrogen-bond donors (Lipinski definition) is 0. The van der Waals surface area contributed by atoms with Crippen molar-refractivity contribution in [1.29, 1.82) is 0 Å². The van der Waals surface area contributed by atoms with Crippen molar-refractivity contribution in [3.05, 3.63) is 54.0 Å². The van der Waals surface area contributed by atoms with E-state index in [4.69, 9.17) is 9.28 Å². The molecule has 158 valence electrons. The lowest BCUT2D eigenvalue weighted by Crippen LogP contribution is -2.31. The Bertz CT molecular complexity index is 1150. The molecule has 8 heteroatoms. The van der Waals surface area contributed by atoms with Gasteiger partial charge in [-0.1, -0.05) is 17.7 Å². The summed E-state index contributed by atoms with van der Waals surface area (Å²) in [6.07, 6.45) is 8.09. The molecule has 2 fully saturated rings. The maximum atomic E-state index is 12.4. The maximum Gasteiger partial charge on any atom is 0.296 e. The van der Waals surface area contributed by atoms with Crippen LogP contribution in [0.15, 0.2) is 47.6 Å². The van der Waals surface area contributed by atoms with E-state index in [1.165, 1.54) is 24.1 Å². The average molecular weight is 427 g/mol. The normalized spacial score (nSPS) is 21.5. The Kier molecular flexibility index (Phi) is 4.78. The van der Waals surface area contributed by atoms with Crippen molar-refractivity contribution < 1.29 is 12.6 Å². The van der Waals surface area contributed by atoms with E-state index in [0.29, 0.717) is 12.0 Å². The Hall–Kier alpha value is -2.45. The first-order valence-electron chi connectivity index (χ1n) is 10.4. The predicted octanol–water partition coefficient (Wildman–Crippen LogP) is 3.83. The Balaban J connectivity index is 1.23. The lowest BCUT2D eigenvalue weighted by molar-refractivity contribution is 0.120. The third kappa shape index (κ3) is 3.70. The largest absolute Gasteiger partial charge is 0.296 e. The van der Waals surface area contributed by atoms with Crippen LogP contribution in [0.2, 0.25) is 0 Å². The zero-order valence-corrected chi connectivity index (χ0v) is 18.0. The number of nitrogens with zero attached hydrogens (tertiary/aromatic N) is 4. The van der Waals surface area contributed by atoms with Crippen LogP contribution in [0, 0.1) is 12.8 Å². The first-order chi connectivity index (χ1) is 14.4. The van der Waals surface area contributed by atoms with Crippen molar-refractivity contribution in [3.8, 4) is 11.3 Å². The van der Waals surface area contributed by atoms with E-state index in [9.17, 15) is 8.42 Å². The van der Waals surface area contributed by atoms with Gasteiger partial charge in [0, 0.05) is 30.9 Å². The van der Waals surface area contributed by atoms with E-state index in [2.05, 4.69) is 16.0 Å². The number of aromatic nitrogens is 4. The second-order valence-corrected chi connectivity index (χ2v) is 10.2. The Morgan fingerprint density at radius 2 is 1.87 bits per heavy atom. The molecule has 2 aliphatic rings. The number of hydrogen-bond acceptors (Lipinski definition) is 5. The molecule has 0 N–H and O–H groups in total. The van der Waals surface area contributed by atoms with Gasteiger partial charge < -0.3 is 0 Å². The maximum absolute atomic E-state index is 12.4. The lowest BCUT2D eigenvalue weighted by atomic mass is 9.81. The van der Waals surface area contributed by atoms with Crippen LogP contribution in [-0.2, 0) is 21.3 Å². The standard InChI is InChI=1S/C22H26N4O3S/c1-15-3-7-19(8-4-15)30(27,28)29-14-16-11-18(12-16)26-13-20(21-9-10-23-25(21)2)22(24-26)17-5-6-17/h3-4,7-10,13,16-18H,5-6,11-12,14H2,1-2H3. The molecule has 2 aliphatic carbocycles. The molecule has 7 nitrogen and oxygen atoms in total. The molecule has 2 aromatic heterocycles. The van der Waals surface area contributed by atoms with Crippen LogP contribution in [0.25, 0.3) is 11.3 Å². The van der Waals surface area contributed by atoms with Gasteiger partial charge in [-0.15, -0.1) is 0 Å². The first kappa shape index (κ1) is 19.5. The van der Waals surface area contributed by atoms with Crippen molar-refractivity contribution in [2.45, 2.75) is 49.5 Å². The molecule has 0 saturated heterocycles. The fourth-order valence-electron chi connectivity index (χ4n) is 4.10. The Morgan fingerprint density at radius 1 is 1.13 bits per heavy atom. The summed E-state index contributed by atoms with van der Waals surface area (Å²) in [5.41, 5.74) is 4.44. The predicted molar refractivity (Wildman–Crippen MR) is 112 cm³/mol. The van der Waals surface area contributed by atoms with Crippen LogP contribution in [-0.4, -0.2) is 34.6 Å². The number of aryl methyl sites for hydroxylation is 2. The molecule has 0 spiro atoms. The molecule has 0 aliphatic heterocycles. The highest BCUT2D eigenvalue weighted by Crippen LogP contribution is 2.45. The van der Waals surface area contributed by atoms with Crippen molar-refractivity contribution >= 4 is 10.1 Å². The summed E-state index contributed by atoms with van der Waals surface area (Å²) in [7, 11) is -1.75. The van der Waals surface area contributed by atoms with Gasteiger partial charge in [0.2, 0.25) is 0 Å². The van der Waals surface area contributed by atoms with E-state index >= 15 is 0 Å². The summed E-state index contributed by atoms with van der Waals surface area (Å²) in [6.45, 7) is 2.15. The molecular weight excluding hydrogens is 400 g/mol. The minimum Gasteiger partial charge on any atom is -0.269 e. The number of rotatable bonds is 7. The van der Waals surface area contributed by atoms with Crippen molar-refractivity contribution in [1.82, 2.24) is 19.6 Å². The van der Waals surface area contributed by atoms with Gasteiger partial charge >= 0.3 is 0 Å². The van der Waals surface area contributed by atoms with Crippen LogP contribution in [0.3, 0.4) is 0 Å².